The molecule has 0 saturated carbocycles. The lowest BCUT2D eigenvalue weighted by atomic mass is 10.3. The topological polar surface area (TPSA) is 84.0 Å². The van der Waals surface area contributed by atoms with E-state index in [1.54, 1.807) is 6.92 Å². The van der Waals surface area contributed by atoms with Crippen molar-refractivity contribution < 1.29 is 23.9 Å². The van der Waals surface area contributed by atoms with E-state index in [1.165, 1.54) is 6.92 Å². The van der Waals surface area contributed by atoms with Crippen molar-refractivity contribution in [1.29, 1.82) is 0 Å². The summed E-state index contributed by atoms with van der Waals surface area (Å²) >= 11 is 0. The maximum Gasteiger partial charge on any atom is 0.257 e. The van der Waals surface area contributed by atoms with Crippen LogP contribution < -0.4 is 0 Å². The number of carbonyl (C=O) groups excluding carboxylic acids is 4. The van der Waals surface area contributed by atoms with E-state index in [4.69, 9.17) is 4.74 Å². The van der Waals surface area contributed by atoms with Gasteiger partial charge >= 0.3 is 0 Å². The summed E-state index contributed by atoms with van der Waals surface area (Å²) in [5.41, 5.74) is 0. The lowest BCUT2D eigenvalue weighted by Gasteiger charge is -2.41. The van der Waals surface area contributed by atoms with Crippen molar-refractivity contribution in [2.24, 2.45) is 0 Å². The molecule has 0 bridgehead atoms. The fraction of sp³-hybridized carbons (Fsp3) is 0.333. The van der Waals surface area contributed by atoms with Gasteiger partial charge in [-0.2, -0.15) is 0 Å². The van der Waals surface area contributed by atoms with Gasteiger partial charge in [0.15, 0.2) is 0 Å². The second-order valence-corrected chi connectivity index (χ2v) is 4.06. The summed E-state index contributed by atoms with van der Waals surface area (Å²) in [6, 6.07) is 0. The van der Waals surface area contributed by atoms with Crippen LogP contribution in [-0.4, -0.2) is 45.9 Å². The molecule has 2 heterocycles. The Morgan fingerprint density at radius 2 is 1.21 bits per heavy atom. The molecule has 4 amide bonds. The van der Waals surface area contributed by atoms with E-state index >= 15 is 0 Å². The van der Waals surface area contributed by atoms with Crippen molar-refractivity contribution in [2.75, 3.05) is 6.61 Å². The third-order valence-corrected chi connectivity index (χ3v) is 2.87. The van der Waals surface area contributed by atoms with Crippen LogP contribution in [0.1, 0.15) is 13.8 Å². The molecule has 0 aromatic carbocycles. The van der Waals surface area contributed by atoms with Gasteiger partial charge in [0.25, 0.3) is 23.6 Å². The monoisotopic (exact) mass is 264 g/mol. The average molecular weight is 264 g/mol. The van der Waals surface area contributed by atoms with Gasteiger partial charge in [0.2, 0.25) is 5.85 Å². The Balaban J connectivity index is 2.43. The summed E-state index contributed by atoms with van der Waals surface area (Å²) in [5, 5.41) is 0. The predicted molar refractivity (Wildman–Crippen MR) is 62.0 cm³/mol. The summed E-state index contributed by atoms with van der Waals surface area (Å²) in [7, 11) is 0. The summed E-state index contributed by atoms with van der Waals surface area (Å²) < 4.78 is 5.37. The summed E-state index contributed by atoms with van der Waals surface area (Å²) in [6.07, 6.45) is 4.27. The van der Waals surface area contributed by atoms with Gasteiger partial charge in [-0.05, 0) is 6.92 Å². The fourth-order valence-electron chi connectivity index (χ4n) is 2.12. The van der Waals surface area contributed by atoms with E-state index in [-0.39, 0.29) is 6.61 Å². The first-order chi connectivity index (χ1) is 8.91. The highest BCUT2D eigenvalue weighted by atomic mass is 16.5. The molecule has 2 rings (SSSR count). The third-order valence-electron chi connectivity index (χ3n) is 2.87. The number of imide groups is 2. The molecule has 100 valence electrons. The van der Waals surface area contributed by atoms with Crippen molar-refractivity contribution >= 4 is 23.6 Å². The Hall–Kier alpha value is -2.28. The zero-order valence-electron chi connectivity index (χ0n) is 10.5. The van der Waals surface area contributed by atoms with Gasteiger partial charge in [0.05, 0.1) is 0 Å². The van der Waals surface area contributed by atoms with Crippen LogP contribution >= 0.6 is 0 Å². The van der Waals surface area contributed by atoms with E-state index in [0.717, 1.165) is 34.1 Å². The minimum Gasteiger partial charge on any atom is -0.338 e. The molecule has 0 aliphatic carbocycles. The SMILES string of the molecule is CCOC(C)(N1C(=O)C=CC1=O)N1C(=O)C=CC1=O. The zero-order chi connectivity index (χ0) is 14.2. The van der Waals surface area contributed by atoms with Crippen LogP contribution in [0.3, 0.4) is 0 Å². The third kappa shape index (κ3) is 1.88. The summed E-state index contributed by atoms with van der Waals surface area (Å²) in [5.74, 6) is -4.28. The number of rotatable bonds is 4. The quantitative estimate of drug-likeness (QED) is 0.642. The molecule has 0 spiro atoms. The highest BCUT2D eigenvalue weighted by molar-refractivity contribution is 6.16. The maximum absolute atomic E-state index is 11.7. The first kappa shape index (κ1) is 13.2. The standard InChI is InChI=1S/C12H12N2O5/c1-3-19-12(2,13-8(15)4-5-9(13)16)14-10(17)6-7-11(14)18/h4-7H,3H2,1-2H3. The highest BCUT2D eigenvalue weighted by Gasteiger charge is 2.51. The van der Waals surface area contributed by atoms with Gasteiger partial charge in [-0.25, -0.2) is 9.80 Å². The predicted octanol–water partition coefficient (Wildman–Crippen LogP) is -0.453. The molecule has 0 N–H and O–H groups in total. The molecule has 0 saturated heterocycles. The lowest BCUT2D eigenvalue weighted by molar-refractivity contribution is -0.218. The number of ether oxygens (including phenoxy) is 1. The molecule has 0 radical (unpaired) electrons. The second kappa shape index (κ2) is 4.43. The molecule has 0 fully saturated rings. The molecular weight excluding hydrogens is 252 g/mol. The summed E-state index contributed by atoms with van der Waals surface area (Å²) in [4.78, 5) is 48.5. The van der Waals surface area contributed by atoms with Crippen molar-refractivity contribution in [2.45, 2.75) is 19.7 Å². The minimum absolute atomic E-state index is 0.116. The molecule has 7 nitrogen and oxygen atoms in total. The van der Waals surface area contributed by atoms with E-state index in [2.05, 4.69) is 0 Å². The van der Waals surface area contributed by atoms with E-state index in [9.17, 15) is 19.2 Å². The van der Waals surface area contributed by atoms with Crippen LogP contribution in [0.2, 0.25) is 0 Å². The van der Waals surface area contributed by atoms with Crippen molar-refractivity contribution in [1.82, 2.24) is 9.80 Å². The van der Waals surface area contributed by atoms with Crippen LogP contribution in [0.25, 0.3) is 0 Å². The van der Waals surface area contributed by atoms with E-state index in [0.29, 0.717) is 0 Å². The molecule has 0 atom stereocenters. The second-order valence-electron chi connectivity index (χ2n) is 4.06. The average Bonchev–Trinajstić information content (AvgIpc) is 2.83. The Kier molecular flexibility index (Phi) is 3.07. The number of hydrogen-bond acceptors (Lipinski definition) is 5. The lowest BCUT2D eigenvalue weighted by Crippen LogP contribution is -2.64. The number of nitrogens with zero attached hydrogens (tertiary/aromatic N) is 2. The first-order valence-corrected chi connectivity index (χ1v) is 5.68. The Morgan fingerprint density at radius 3 is 1.47 bits per heavy atom. The van der Waals surface area contributed by atoms with Crippen LogP contribution in [0.4, 0.5) is 0 Å². The fourth-order valence-corrected chi connectivity index (χ4v) is 2.12. The highest BCUT2D eigenvalue weighted by Crippen LogP contribution is 2.28. The van der Waals surface area contributed by atoms with Gasteiger partial charge in [0.1, 0.15) is 0 Å². The van der Waals surface area contributed by atoms with Gasteiger partial charge in [-0.1, -0.05) is 0 Å². The molecule has 19 heavy (non-hydrogen) atoms. The normalized spacial score (nSPS) is 19.3. The van der Waals surface area contributed by atoms with Gasteiger partial charge < -0.3 is 4.74 Å². The molecule has 0 aromatic heterocycles. The maximum atomic E-state index is 11.7. The van der Waals surface area contributed by atoms with Gasteiger partial charge in [0, 0.05) is 37.8 Å². The Morgan fingerprint density at radius 1 is 0.895 bits per heavy atom. The van der Waals surface area contributed by atoms with Crippen molar-refractivity contribution in [3.63, 3.8) is 0 Å². The molecule has 0 unspecified atom stereocenters. The Labute approximate surface area is 109 Å². The van der Waals surface area contributed by atoms with Crippen molar-refractivity contribution in [3.05, 3.63) is 24.3 Å². The molecule has 2 aliphatic rings. The molecule has 0 aromatic rings. The largest absolute Gasteiger partial charge is 0.338 e. The van der Waals surface area contributed by atoms with Gasteiger partial charge in [-0.3, -0.25) is 19.2 Å². The summed E-state index contributed by atoms with van der Waals surface area (Å²) in [6.45, 7) is 3.09. The van der Waals surface area contributed by atoms with E-state index < -0.39 is 29.5 Å². The first-order valence-electron chi connectivity index (χ1n) is 5.68. The van der Waals surface area contributed by atoms with Crippen LogP contribution in [0, 0.1) is 0 Å². The molecule has 2 aliphatic heterocycles. The number of hydrogen-bond donors (Lipinski definition) is 0. The van der Waals surface area contributed by atoms with Gasteiger partial charge in [-0.15, -0.1) is 0 Å². The zero-order valence-corrected chi connectivity index (χ0v) is 10.5. The van der Waals surface area contributed by atoms with E-state index in [1.807, 2.05) is 0 Å². The molecular formula is C12H12N2O5. The smallest absolute Gasteiger partial charge is 0.257 e. The number of carbonyl (C=O) groups is 4. The van der Waals surface area contributed by atoms with Crippen LogP contribution in [0.15, 0.2) is 24.3 Å². The van der Waals surface area contributed by atoms with Crippen LogP contribution in [-0.2, 0) is 23.9 Å². The Bertz CT molecular complexity index is 456. The van der Waals surface area contributed by atoms with Crippen molar-refractivity contribution in [3.8, 4) is 0 Å². The van der Waals surface area contributed by atoms with Crippen LogP contribution in [0.5, 0.6) is 0 Å². The minimum atomic E-state index is -1.76. The number of amides is 4. The molecule has 7 heteroatoms.